The predicted molar refractivity (Wildman–Crippen MR) is 117 cm³/mol. The molecule has 0 amide bonds. The molecule has 2 N–H and O–H groups in total. The summed E-state index contributed by atoms with van der Waals surface area (Å²) in [5, 5.41) is 16.2. The first-order valence-corrected chi connectivity index (χ1v) is 10.7. The van der Waals surface area contributed by atoms with E-state index in [9.17, 15) is 0 Å². The zero-order valence-corrected chi connectivity index (χ0v) is 17.4. The monoisotopic (exact) mass is 419 g/mol. The molecule has 0 atom stereocenters. The van der Waals surface area contributed by atoms with Crippen LogP contribution in [0.2, 0.25) is 0 Å². The Kier molecular flexibility index (Phi) is 4.46. The number of fused-ring (bicyclic) bond motifs is 2. The van der Waals surface area contributed by atoms with Gasteiger partial charge in [-0.15, -0.1) is 5.10 Å². The van der Waals surface area contributed by atoms with Crippen LogP contribution in [-0.2, 0) is 4.74 Å². The third-order valence-corrected chi connectivity index (χ3v) is 6.28. The SMILES string of the molecule is CNc1nc(NC2CCN(C3COC3)CC2)nn2ccc(-c3ccc4nccn4n3)c12. The van der Waals surface area contributed by atoms with Crippen LogP contribution < -0.4 is 10.6 Å². The topological polar surface area (TPSA) is 96.9 Å². The molecule has 10 nitrogen and oxygen atoms in total. The molecular formula is C21H25N9O. The first kappa shape index (κ1) is 18.5. The summed E-state index contributed by atoms with van der Waals surface area (Å²) < 4.78 is 8.98. The molecule has 6 heterocycles. The summed E-state index contributed by atoms with van der Waals surface area (Å²) >= 11 is 0. The second kappa shape index (κ2) is 7.47. The molecule has 0 spiro atoms. The van der Waals surface area contributed by atoms with E-state index in [2.05, 4.69) is 25.6 Å². The fraction of sp³-hybridized carbons (Fsp3) is 0.429. The number of imidazole rings is 1. The lowest BCUT2D eigenvalue weighted by molar-refractivity contribution is -0.0705. The van der Waals surface area contributed by atoms with Crippen molar-refractivity contribution in [2.75, 3.05) is 44.0 Å². The van der Waals surface area contributed by atoms with E-state index in [1.807, 2.05) is 42.2 Å². The number of aromatic nitrogens is 6. The van der Waals surface area contributed by atoms with Gasteiger partial charge >= 0.3 is 0 Å². The number of hydrogen-bond acceptors (Lipinski definition) is 8. The van der Waals surface area contributed by atoms with Crippen LogP contribution in [0.15, 0.2) is 36.8 Å². The van der Waals surface area contributed by atoms with Crippen molar-refractivity contribution >= 4 is 22.9 Å². The largest absolute Gasteiger partial charge is 0.378 e. The van der Waals surface area contributed by atoms with Crippen LogP contribution in [0.1, 0.15) is 12.8 Å². The molecule has 2 aliphatic heterocycles. The molecule has 0 saturated carbocycles. The van der Waals surface area contributed by atoms with Crippen molar-refractivity contribution in [1.29, 1.82) is 0 Å². The van der Waals surface area contributed by atoms with Gasteiger partial charge in [-0.25, -0.2) is 14.0 Å². The van der Waals surface area contributed by atoms with Crippen LogP contribution in [-0.4, -0.2) is 79.5 Å². The standard InChI is InChI=1S/C21H25N9O/c1-22-20-19-16(17-2-3-18-23-7-11-29(18)26-17)6-10-30(19)27-21(25-20)24-14-4-8-28(9-5-14)15-12-31-13-15/h2-3,6-7,10-11,14-15H,4-5,8-9,12-13H2,1H3,(H2,22,24,25,27). The number of nitrogens with one attached hydrogen (secondary N) is 2. The average molecular weight is 419 g/mol. The maximum absolute atomic E-state index is 5.33. The molecule has 0 aromatic carbocycles. The number of likely N-dealkylation sites (tertiary alicyclic amines) is 1. The van der Waals surface area contributed by atoms with Crippen molar-refractivity contribution in [3.8, 4) is 11.3 Å². The van der Waals surface area contributed by atoms with Gasteiger partial charge in [-0.05, 0) is 31.0 Å². The molecule has 2 fully saturated rings. The molecule has 2 saturated heterocycles. The van der Waals surface area contributed by atoms with Crippen molar-refractivity contribution in [2.45, 2.75) is 24.9 Å². The third-order valence-electron chi connectivity index (χ3n) is 6.28. The summed E-state index contributed by atoms with van der Waals surface area (Å²) in [4.78, 5) is 11.6. The normalized spacial score (nSPS) is 18.5. The van der Waals surface area contributed by atoms with Crippen molar-refractivity contribution in [3.63, 3.8) is 0 Å². The lowest BCUT2D eigenvalue weighted by Crippen LogP contribution is -2.53. The van der Waals surface area contributed by atoms with Gasteiger partial charge in [-0.3, -0.25) is 4.90 Å². The summed E-state index contributed by atoms with van der Waals surface area (Å²) in [5.41, 5.74) is 3.54. The minimum Gasteiger partial charge on any atom is -0.378 e. The predicted octanol–water partition coefficient (Wildman–Crippen LogP) is 1.76. The van der Waals surface area contributed by atoms with Crippen molar-refractivity contribution in [1.82, 2.24) is 34.1 Å². The van der Waals surface area contributed by atoms with Crippen molar-refractivity contribution in [3.05, 3.63) is 36.8 Å². The molecule has 4 aromatic rings. The minimum atomic E-state index is 0.375. The smallest absolute Gasteiger partial charge is 0.243 e. The maximum Gasteiger partial charge on any atom is 0.243 e. The molecule has 0 radical (unpaired) electrons. The van der Waals surface area contributed by atoms with Gasteiger partial charge < -0.3 is 15.4 Å². The van der Waals surface area contributed by atoms with Gasteiger partial charge in [0.15, 0.2) is 11.5 Å². The highest BCUT2D eigenvalue weighted by molar-refractivity contribution is 5.87. The zero-order valence-electron chi connectivity index (χ0n) is 17.4. The van der Waals surface area contributed by atoms with E-state index < -0.39 is 0 Å². The second-order valence-corrected chi connectivity index (χ2v) is 8.15. The fourth-order valence-corrected chi connectivity index (χ4v) is 4.45. The Morgan fingerprint density at radius 2 is 1.90 bits per heavy atom. The van der Waals surface area contributed by atoms with E-state index in [1.54, 1.807) is 10.7 Å². The Bertz CT molecular complexity index is 1220. The minimum absolute atomic E-state index is 0.375. The Labute approximate surface area is 179 Å². The average Bonchev–Trinajstić information content (AvgIpc) is 3.39. The van der Waals surface area contributed by atoms with Gasteiger partial charge in [0.1, 0.15) is 5.52 Å². The number of piperidine rings is 1. The lowest BCUT2D eigenvalue weighted by atomic mass is 10.0. The first-order valence-electron chi connectivity index (χ1n) is 10.7. The Hall–Kier alpha value is -3.24. The zero-order chi connectivity index (χ0) is 20.8. The number of rotatable bonds is 5. The molecule has 4 aromatic heterocycles. The van der Waals surface area contributed by atoms with Crippen molar-refractivity contribution in [2.24, 2.45) is 0 Å². The highest BCUT2D eigenvalue weighted by Gasteiger charge is 2.30. The summed E-state index contributed by atoms with van der Waals surface area (Å²) in [6.45, 7) is 3.93. The molecule has 0 aliphatic carbocycles. The van der Waals surface area contributed by atoms with Crippen LogP contribution in [0.5, 0.6) is 0 Å². The van der Waals surface area contributed by atoms with Crippen LogP contribution >= 0.6 is 0 Å². The molecule has 31 heavy (non-hydrogen) atoms. The lowest BCUT2D eigenvalue weighted by Gasteiger charge is -2.41. The quantitative estimate of drug-likeness (QED) is 0.505. The Balaban J connectivity index is 1.26. The van der Waals surface area contributed by atoms with Gasteiger partial charge in [-0.2, -0.15) is 10.1 Å². The van der Waals surface area contributed by atoms with E-state index >= 15 is 0 Å². The summed E-state index contributed by atoms with van der Waals surface area (Å²) in [7, 11) is 1.88. The van der Waals surface area contributed by atoms with Gasteiger partial charge in [-0.1, -0.05) is 0 Å². The van der Waals surface area contributed by atoms with Crippen LogP contribution in [0.25, 0.3) is 22.4 Å². The second-order valence-electron chi connectivity index (χ2n) is 8.15. The van der Waals surface area contributed by atoms with Gasteiger partial charge in [0.25, 0.3) is 0 Å². The summed E-state index contributed by atoms with van der Waals surface area (Å²) in [5.74, 6) is 1.41. The number of nitrogens with zero attached hydrogens (tertiary/aromatic N) is 7. The van der Waals surface area contributed by atoms with E-state index in [0.717, 1.165) is 67.4 Å². The molecule has 2 aliphatic rings. The number of ether oxygens (including phenoxy) is 1. The summed E-state index contributed by atoms with van der Waals surface area (Å²) in [6, 6.07) is 6.95. The Morgan fingerprint density at radius 1 is 1.03 bits per heavy atom. The van der Waals surface area contributed by atoms with Crippen LogP contribution in [0.3, 0.4) is 0 Å². The molecule has 160 valence electrons. The highest BCUT2D eigenvalue weighted by atomic mass is 16.5. The van der Waals surface area contributed by atoms with Crippen LogP contribution in [0, 0.1) is 0 Å². The molecule has 0 bridgehead atoms. The molecular weight excluding hydrogens is 394 g/mol. The molecule has 0 unspecified atom stereocenters. The fourth-order valence-electron chi connectivity index (χ4n) is 4.45. The van der Waals surface area contributed by atoms with E-state index in [0.29, 0.717) is 18.0 Å². The summed E-state index contributed by atoms with van der Waals surface area (Å²) in [6.07, 6.45) is 7.71. The van der Waals surface area contributed by atoms with Crippen LogP contribution in [0.4, 0.5) is 11.8 Å². The Morgan fingerprint density at radius 3 is 2.68 bits per heavy atom. The first-order chi connectivity index (χ1) is 15.3. The molecule has 6 rings (SSSR count). The third kappa shape index (κ3) is 3.28. The van der Waals surface area contributed by atoms with E-state index in [-0.39, 0.29) is 0 Å². The molecule has 10 heteroatoms. The van der Waals surface area contributed by atoms with E-state index in [4.69, 9.17) is 14.8 Å². The van der Waals surface area contributed by atoms with Gasteiger partial charge in [0.05, 0.1) is 24.9 Å². The number of hydrogen-bond donors (Lipinski definition) is 2. The highest BCUT2D eigenvalue weighted by Crippen LogP contribution is 2.29. The number of anilines is 2. The van der Waals surface area contributed by atoms with Crippen molar-refractivity contribution < 1.29 is 4.74 Å². The van der Waals surface area contributed by atoms with Gasteiger partial charge in [0, 0.05) is 50.3 Å². The van der Waals surface area contributed by atoms with E-state index in [1.165, 1.54) is 0 Å². The maximum atomic E-state index is 5.33. The van der Waals surface area contributed by atoms with Gasteiger partial charge in [0.2, 0.25) is 5.95 Å².